The average Bonchev–Trinajstić information content (AvgIpc) is 3.07. The van der Waals surface area contributed by atoms with Gasteiger partial charge in [-0.05, 0) is 51.4 Å². The minimum absolute atomic E-state index is 0.00888. The second-order valence-corrected chi connectivity index (χ2v) is 16.8. The first-order valence-electron chi connectivity index (χ1n) is 20.8. The van der Waals surface area contributed by atoms with Crippen molar-refractivity contribution < 1.29 is 32.9 Å². The highest BCUT2D eigenvalue weighted by Gasteiger charge is 2.24. The van der Waals surface area contributed by atoms with Crippen LogP contribution in [0, 0.1) is 0 Å². The molecule has 9 heteroatoms. The molecule has 0 heterocycles. The molecule has 0 aliphatic rings. The van der Waals surface area contributed by atoms with Crippen molar-refractivity contribution in [2.24, 2.45) is 0 Å². The van der Waals surface area contributed by atoms with Crippen LogP contribution in [0.25, 0.3) is 0 Å². The highest BCUT2D eigenvalue weighted by atomic mass is 31.2. The molecule has 0 fully saturated rings. The normalized spacial score (nSPS) is 14.9. The number of aliphatic hydroxyl groups is 1. The first-order valence-corrected chi connectivity index (χ1v) is 22.3. The van der Waals surface area contributed by atoms with Gasteiger partial charge in [0.25, 0.3) is 7.82 Å². The number of quaternary nitrogens is 1. The zero-order valence-corrected chi connectivity index (χ0v) is 34.7. The lowest BCUT2D eigenvalue weighted by Crippen LogP contribution is -2.46. The molecular weight excluding hydrogens is 659 g/mol. The second-order valence-electron chi connectivity index (χ2n) is 15.3. The average molecular weight is 741 g/mol. The first kappa shape index (κ1) is 49.7. The molecule has 0 radical (unpaired) electrons. The van der Waals surface area contributed by atoms with E-state index in [1.165, 1.54) is 89.9 Å². The maximum atomic E-state index is 12.8. The summed E-state index contributed by atoms with van der Waals surface area (Å²) in [6, 6.07) is -0.800. The molecule has 1 amide bonds. The molecular formula is C42H81N2O6P. The number of phosphoric acid groups is 1. The fraction of sp³-hybridized carbons (Fsp3) is 0.833. The molecule has 0 aliphatic carbocycles. The smallest absolute Gasteiger partial charge is 0.268 e. The fourth-order valence-electron chi connectivity index (χ4n) is 5.75. The van der Waals surface area contributed by atoms with E-state index in [1.807, 2.05) is 21.1 Å². The number of likely N-dealkylation sites (N-methyl/N-ethyl adjacent to an activating group) is 1. The Morgan fingerprint density at radius 3 is 1.65 bits per heavy atom. The predicted molar refractivity (Wildman–Crippen MR) is 215 cm³/mol. The Bertz CT molecular complexity index is 933. The van der Waals surface area contributed by atoms with Gasteiger partial charge in [-0.1, -0.05) is 153 Å². The summed E-state index contributed by atoms with van der Waals surface area (Å²) < 4.78 is 23.1. The van der Waals surface area contributed by atoms with Crippen LogP contribution in [-0.2, 0) is 18.4 Å². The highest BCUT2D eigenvalue weighted by Crippen LogP contribution is 2.38. The Hall–Kier alpha value is -1.28. The molecule has 0 rings (SSSR count). The topological polar surface area (TPSA) is 108 Å². The fourth-order valence-corrected chi connectivity index (χ4v) is 6.47. The zero-order chi connectivity index (χ0) is 37.9. The maximum Gasteiger partial charge on any atom is 0.268 e. The van der Waals surface area contributed by atoms with E-state index in [4.69, 9.17) is 9.05 Å². The Morgan fingerprint density at radius 2 is 1.14 bits per heavy atom. The highest BCUT2D eigenvalue weighted by molar-refractivity contribution is 7.45. The van der Waals surface area contributed by atoms with Gasteiger partial charge in [0.1, 0.15) is 13.2 Å². The van der Waals surface area contributed by atoms with E-state index in [0.29, 0.717) is 23.9 Å². The van der Waals surface area contributed by atoms with Crippen molar-refractivity contribution in [1.29, 1.82) is 0 Å². The molecule has 0 aromatic heterocycles. The number of hydrogen-bond acceptors (Lipinski definition) is 6. The van der Waals surface area contributed by atoms with E-state index >= 15 is 0 Å². The standard InChI is InChI=1S/C42H81N2O6P/c1-6-8-10-12-14-15-16-17-18-19-20-21-22-23-24-25-26-27-28-29-30-32-34-36-42(46)43-40(41(45)35-33-31-13-11-9-7-2)39-50-51(47,48)49-38-37-44(3,4)5/h16-17,19-20,22-23,40-41,45H,6-15,18,21,24-39H2,1-5H3,(H-,43,46,47,48)/b17-16-,20-19-,23-22-. The number of unbranched alkanes of at least 4 members (excludes halogenated alkanes) is 18. The number of aliphatic hydroxyl groups excluding tert-OH is 1. The lowest BCUT2D eigenvalue weighted by atomic mass is 10.0. The van der Waals surface area contributed by atoms with E-state index in [9.17, 15) is 19.4 Å². The number of nitrogens with one attached hydrogen (secondary N) is 1. The quantitative estimate of drug-likeness (QED) is 0.0284. The second kappa shape index (κ2) is 34.5. The molecule has 0 bridgehead atoms. The summed E-state index contributed by atoms with van der Waals surface area (Å²) in [5, 5.41) is 13.7. The third-order valence-electron chi connectivity index (χ3n) is 9.13. The molecule has 0 aromatic carbocycles. The zero-order valence-electron chi connectivity index (χ0n) is 33.8. The molecule has 0 saturated carbocycles. The van der Waals surface area contributed by atoms with Crippen molar-refractivity contribution in [3.8, 4) is 0 Å². The number of allylic oxidation sites excluding steroid dienone is 6. The molecule has 0 saturated heterocycles. The van der Waals surface area contributed by atoms with Gasteiger partial charge in [-0.2, -0.15) is 0 Å². The number of carbonyl (C=O) groups is 1. The van der Waals surface area contributed by atoms with Gasteiger partial charge in [0.05, 0.1) is 39.9 Å². The first-order chi connectivity index (χ1) is 24.5. The van der Waals surface area contributed by atoms with Gasteiger partial charge in [-0.25, -0.2) is 0 Å². The molecule has 300 valence electrons. The van der Waals surface area contributed by atoms with Crippen LogP contribution in [0.1, 0.15) is 174 Å². The van der Waals surface area contributed by atoms with Gasteiger partial charge in [0.15, 0.2) is 0 Å². The van der Waals surface area contributed by atoms with E-state index in [0.717, 1.165) is 57.8 Å². The predicted octanol–water partition coefficient (Wildman–Crippen LogP) is 10.5. The van der Waals surface area contributed by atoms with Crippen LogP contribution in [0.2, 0.25) is 0 Å². The summed E-state index contributed by atoms with van der Waals surface area (Å²) in [7, 11) is 1.29. The van der Waals surface area contributed by atoms with Crippen LogP contribution < -0.4 is 10.2 Å². The summed E-state index contributed by atoms with van der Waals surface area (Å²) in [4.78, 5) is 25.1. The van der Waals surface area contributed by atoms with Crippen molar-refractivity contribution in [1.82, 2.24) is 5.32 Å². The Labute approximate surface area is 315 Å². The molecule has 2 N–H and O–H groups in total. The minimum Gasteiger partial charge on any atom is -0.756 e. The largest absolute Gasteiger partial charge is 0.756 e. The lowest BCUT2D eigenvalue weighted by molar-refractivity contribution is -0.870. The third-order valence-corrected chi connectivity index (χ3v) is 10.1. The van der Waals surface area contributed by atoms with Crippen molar-refractivity contribution in [2.45, 2.75) is 187 Å². The summed E-state index contributed by atoms with van der Waals surface area (Å²) in [5.41, 5.74) is 0. The van der Waals surface area contributed by atoms with Gasteiger partial charge < -0.3 is 28.8 Å². The van der Waals surface area contributed by atoms with Gasteiger partial charge in [-0.15, -0.1) is 0 Å². The van der Waals surface area contributed by atoms with Gasteiger partial charge in [0, 0.05) is 6.42 Å². The number of nitrogens with zero attached hydrogens (tertiary/aromatic N) is 1. The lowest BCUT2D eigenvalue weighted by Gasteiger charge is -2.30. The van der Waals surface area contributed by atoms with Crippen LogP contribution in [0.3, 0.4) is 0 Å². The number of amides is 1. The molecule has 0 spiro atoms. The minimum atomic E-state index is -4.55. The summed E-state index contributed by atoms with van der Waals surface area (Å²) in [6.07, 6.45) is 40.3. The summed E-state index contributed by atoms with van der Waals surface area (Å²) in [6.45, 7) is 4.62. The Kier molecular flexibility index (Phi) is 33.6. The molecule has 0 aromatic rings. The van der Waals surface area contributed by atoms with E-state index in [2.05, 4.69) is 55.6 Å². The molecule has 51 heavy (non-hydrogen) atoms. The van der Waals surface area contributed by atoms with Crippen LogP contribution in [0.4, 0.5) is 0 Å². The van der Waals surface area contributed by atoms with Crippen molar-refractivity contribution in [2.75, 3.05) is 40.9 Å². The number of phosphoric ester groups is 1. The van der Waals surface area contributed by atoms with Crippen LogP contribution in [-0.4, -0.2) is 68.5 Å². The SMILES string of the molecule is CCCCCCC/C=C\C/C=C\C/C=C\CCCCCCCCCCC(=O)NC(COP(=O)([O-])OCC[N+](C)(C)C)C(O)CCCCCCCC. The molecule has 0 aliphatic heterocycles. The van der Waals surface area contributed by atoms with Gasteiger partial charge >= 0.3 is 0 Å². The Balaban J connectivity index is 4.16. The van der Waals surface area contributed by atoms with Crippen LogP contribution in [0.5, 0.6) is 0 Å². The van der Waals surface area contributed by atoms with E-state index in [1.54, 1.807) is 0 Å². The summed E-state index contributed by atoms with van der Waals surface area (Å²) in [5.74, 6) is -0.179. The Morgan fingerprint density at radius 1 is 0.686 bits per heavy atom. The van der Waals surface area contributed by atoms with Gasteiger partial charge in [-0.3, -0.25) is 9.36 Å². The monoisotopic (exact) mass is 741 g/mol. The maximum absolute atomic E-state index is 12.8. The van der Waals surface area contributed by atoms with Crippen LogP contribution >= 0.6 is 7.82 Å². The number of hydrogen-bond donors (Lipinski definition) is 2. The number of rotatable bonds is 37. The molecule has 3 unspecified atom stereocenters. The number of carbonyl (C=O) groups excluding carboxylic acids is 1. The molecule has 3 atom stereocenters. The van der Waals surface area contributed by atoms with E-state index < -0.39 is 20.0 Å². The van der Waals surface area contributed by atoms with Crippen LogP contribution in [0.15, 0.2) is 36.5 Å². The van der Waals surface area contributed by atoms with Gasteiger partial charge in [0.2, 0.25) is 5.91 Å². The molecule has 8 nitrogen and oxygen atoms in total. The van der Waals surface area contributed by atoms with Crippen molar-refractivity contribution in [3.05, 3.63) is 36.5 Å². The van der Waals surface area contributed by atoms with Crippen molar-refractivity contribution >= 4 is 13.7 Å². The van der Waals surface area contributed by atoms with E-state index in [-0.39, 0.29) is 19.1 Å². The third kappa shape index (κ3) is 36.9. The van der Waals surface area contributed by atoms with Crippen molar-refractivity contribution in [3.63, 3.8) is 0 Å². The summed E-state index contributed by atoms with van der Waals surface area (Å²) >= 11 is 0.